The number of aromatic nitrogens is 2. The van der Waals surface area contributed by atoms with E-state index in [-0.39, 0.29) is 11.4 Å². The molecule has 1 heterocycles. The van der Waals surface area contributed by atoms with Crippen molar-refractivity contribution in [2.24, 2.45) is 5.92 Å². The van der Waals surface area contributed by atoms with Crippen molar-refractivity contribution in [3.8, 4) is 0 Å². The van der Waals surface area contributed by atoms with E-state index >= 15 is 0 Å². The van der Waals surface area contributed by atoms with Gasteiger partial charge in [-0.25, -0.2) is 9.37 Å². The molecule has 1 fully saturated rings. The fraction of sp³-hybridized carbons (Fsp3) is 0.533. The lowest BCUT2D eigenvalue weighted by Gasteiger charge is -2.29. The Morgan fingerprint density at radius 3 is 2.79 bits per heavy atom. The van der Waals surface area contributed by atoms with Crippen molar-refractivity contribution in [3.63, 3.8) is 0 Å². The molecular weight excluding hydrogens is 263 g/mol. The van der Waals surface area contributed by atoms with Crippen LogP contribution in [0.5, 0.6) is 0 Å². The lowest BCUT2D eigenvalue weighted by Crippen LogP contribution is -2.30. The summed E-state index contributed by atoms with van der Waals surface area (Å²) in [5.74, 6) is 1.95. The summed E-state index contributed by atoms with van der Waals surface area (Å²) in [4.78, 5) is 4.58. The van der Waals surface area contributed by atoms with Crippen LogP contribution in [0.3, 0.4) is 0 Å². The van der Waals surface area contributed by atoms with Gasteiger partial charge in [0.05, 0.1) is 11.0 Å². The number of aryl methyl sites for hydroxylation is 1. The van der Waals surface area contributed by atoms with Gasteiger partial charge in [0, 0.05) is 23.9 Å². The van der Waals surface area contributed by atoms with Gasteiger partial charge >= 0.3 is 0 Å². The van der Waals surface area contributed by atoms with Gasteiger partial charge in [0.2, 0.25) is 0 Å². The topological polar surface area (TPSA) is 17.8 Å². The maximum absolute atomic E-state index is 13.4. The molecule has 0 radical (unpaired) electrons. The van der Waals surface area contributed by atoms with Crippen molar-refractivity contribution in [2.75, 3.05) is 5.88 Å². The third kappa shape index (κ3) is 2.14. The first-order valence-corrected chi connectivity index (χ1v) is 7.31. The highest BCUT2D eigenvalue weighted by molar-refractivity contribution is 6.17. The van der Waals surface area contributed by atoms with Gasteiger partial charge in [-0.05, 0) is 44.7 Å². The van der Waals surface area contributed by atoms with E-state index in [1.807, 2.05) is 6.07 Å². The lowest BCUT2D eigenvalue weighted by molar-refractivity contribution is 0.305. The molecule has 1 aromatic carbocycles. The molecule has 102 valence electrons. The zero-order chi connectivity index (χ0) is 13.6. The Bertz CT molecular complexity index is 614. The maximum Gasteiger partial charge on any atom is 0.125 e. The Labute approximate surface area is 117 Å². The highest BCUT2D eigenvalue weighted by Gasteiger charge is 2.40. The van der Waals surface area contributed by atoms with Crippen molar-refractivity contribution >= 4 is 22.6 Å². The molecule has 0 aliphatic heterocycles. The molecule has 1 saturated carbocycles. The predicted octanol–water partition coefficient (Wildman–Crippen LogP) is 4.10. The van der Waals surface area contributed by atoms with E-state index < -0.39 is 0 Å². The summed E-state index contributed by atoms with van der Waals surface area (Å²) in [6.07, 6.45) is 3.23. The molecule has 19 heavy (non-hydrogen) atoms. The Balaban J connectivity index is 2.21. The molecule has 4 heteroatoms. The molecule has 0 bridgehead atoms. The van der Waals surface area contributed by atoms with Gasteiger partial charge in [-0.3, -0.25) is 0 Å². The molecule has 1 aliphatic carbocycles. The molecule has 0 amide bonds. The normalized spacial score (nSPS) is 16.2. The van der Waals surface area contributed by atoms with Crippen molar-refractivity contribution in [2.45, 2.75) is 38.6 Å². The fourth-order valence-electron chi connectivity index (χ4n) is 2.97. The summed E-state index contributed by atoms with van der Waals surface area (Å²) < 4.78 is 15.6. The fourth-order valence-corrected chi connectivity index (χ4v) is 3.14. The Hall–Kier alpha value is -1.09. The van der Waals surface area contributed by atoms with Crippen LogP contribution in [-0.2, 0) is 12.0 Å². The minimum atomic E-state index is -0.237. The van der Waals surface area contributed by atoms with Crippen molar-refractivity contribution < 1.29 is 4.39 Å². The van der Waals surface area contributed by atoms with Crippen LogP contribution < -0.4 is 0 Å². The molecule has 0 unspecified atom stereocenters. The first-order chi connectivity index (χ1) is 9.04. The summed E-state index contributed by atoms with van der Waals surface area (Å²) in [7, 11) is 0. The van der Waals surface area contributed by atoms with E-state index in [0.29, 0.717) is 18.2 Å². The number of benzene rings is 1. The minimum Gasteiger partial charge on any atom is -0.322 e. The largest absolute Gasteiger partial charge is 0.322 e. The average molecular weight is 281 g/mol. The number of fused-ring (bicyclic) bond motifs is 1. The van der Waals surface area contributed by atoms with Crippen LogP contribution in [0, 0.1) is 11.7 Å². The number of hydrogen-bond donors (Lipinski definition) is 0. The van der Waals surface area contributed by atoms with Crippen molar-refractivity contribution in [1.29, 1.82) is 0 Å². The lowest BCUT2D eigenvalue weighted by atomic mass is 9.97. The molecule has 0 N–H and O–H groups in total. The first-order valence-electron chi connectivity index (χ1n) is 6.77. The highest BCUT2D eigenvalue weighted by Crippen LogP contribution is 2.45. The van der Waals surface area contributed by atoms with Gasteiger partial charge in [0.15, 0.2) is 0 Å². The second-order valence-electron chi connectivity index (χ2n) is 5.86. The molecule has 3 rings (SSSR count). The summed E-state index contributed by atoms with van der Waals surface area (Å²) in [5, 5.41) is 0. The Morgan fingerprint density at radius 2 is 2.16 bits per heavy atom. The van der Waals surface area contributed by atoms with Crippen LogP contribution >= 0.6 is 11.6 Å². The van der Waals surface area contributed by atoms with Crippen molar-refractivity contribution in [1.82, 2.24) is 9.55 Å². The zero-order valence-electron chi connectivity index (χ0n) is 11.3. The van der Waals surface area contributed by atoms with Gasteiger partial charge in [-0.2, -0.15) is 0 Å². The van der Waals surface area contributed by atoms with Gasteiger partial charge < -0.3 is 4.57 Å². The molecule has 1 aromatic heterocycles. The zero-order valence-corrected chi connectivity index (χ0v) is 12.0. The number of halogens is 2. The molecule has 2 nitrogen and oxygen atoms in total. The molecule has 0 atom stereocenters. The van der Waals surface area contributed by atoms with Gasteiger partial charge in [0.1, 0.15) is 11.6 Å². The third-order valence-electron chi connectivity index (χ3n) is 4.16. The predicted molar refractivity (Wildman–Crippen MR) is 76.2 cm³/mol. The van der Waals surface area contributed by atoms with E-state index in [9.17, 15) is 4.39 Å². The number of imidazole rings is 1. The van der Waals surface area contributed by atoms with Crippen LogP contribution in [-0.4, -0.2) is 15.4 Å². The van der Waals surface area contributed by atoms with E-state index in [1.165, 1.54) is 25.0 Å². The molecule has 1 aliphatic rings. The highest BCUT2D eigenvalue weighted by atomic mass is 35.5. The smallest absolute Gasteiger partial charge is 0.125 e. The molecule has 0 spiro atoms. The molecule has 2 aromatic rings. The number of nitrogens with zero attached hydrogens (tertiary/aromatic N) is 2. The number of rotatable bonds is 4. The molecule has 0 saturated heterocycles. The quantitative estimate of drug-likeness (QED) is 0.771. The maximum atomic E-state index is 13.4. The van der Waals surface area contributed by atoms with Crippen molar-refractivity contribution in [3.05, 3.63) is 29.8 Å². The average Bonchev–Trinajstić information content (AvgIpc) is 3.12. The van der Waals surface area contributed by atoms with Gasteiger partial charge in [0.25, 0.3) is 0 Å². The van der Waals surface area contributed by atoms with Gasteiger partial charge in [-0.1, -0.05) is 0 Å². The summed E-state index contributed by atoms with van der Waals surface area (Å²) >= 11 is 5.88. The van der Waals surface area contributed by atoms with E-state index in [1.54, 1.807) is 0 Å². The van der Waals surface area contributed by atoms with E-state index in [4.69, 9.17) is 11.6 Å². The number of alkyl halides is 1. The third-order valence-corrected chi connectivity index (χ3v) is 4.35. The number of hydrogen-bond acceptors (Lipinski definition) is 1. The monoisotopic (exact) mass is 280 g/mol. The Morgan fingerprint density at radius 1 is 1.42 bits per heavy atom. The minimum absolute atomic E-state index is 0.0218. The van der Waals surface area contributed by atoms with Gasteiger partial charge in [-0.15, -0.1) is 11.6 Å². The summed E-state index contributed by atoms with van der Waals surface area (Å²) in [5.41, 5.74) is 1.76. The van der Waals surface area contributed by atoms with Crippen LogP contribution in [0.2, 0.25) is 0 Å². The summed E-state index contributed by atoms with van der Waals surface area (Å²) in [6, 6.07) is 4.85. The SMILES string of the molecule is CC(C)(C1CC1)n1c(CCCl)nc2cc(F)ccc21. The second-order valence-corrected chi connectivity index (χ2v) is 6.24. The summed E-state index contributed by atoms with van der Waals surface area (Å²) in [6.45, 7) is 4.49. The van der Waals surface area contributed by atoms with Crippen LogP contribution in [0.15, 0.2) is 18.2 Å². The van der Waals surface area contributed by atoms with E-state index in [2.05, 4.69) is 23.4 Å². The van der Waals surface area contributed by atoms with Crippen LogP contribution in [0.4, 0.5) is 4.39 Å². The standard InChI is InChI=1S/C15H18ClFN2/c1-15(2,10-3-4-10)19-13-6-5-11(17)9-12(13)18-14(19)7-8-16/h5-6,9-10H,3-4,7-8H2,1-2H3. The van der Waals surface area contributed by atoms with Crippen LogP contribution in [0.1, 0.15) is 32.5 Å². The van der Waals surface area contributed by atoms with E-state index in [0.717, 1.165) is 16.9 Å². The second kappa shape index (κ2) is 4.48. The first kappa shape index (κ1) is 12.9. The molecular formula is C15H18ClFN2. The Kier molecular flexibility index (Phi) is 3.05. The van der Waals surface area contributed by atoms with Crippen LogP contribution in [0.25, 0.3) is 11.0 Å².